The lowest BCUT2D eigenvalue weighted by molar-refractivity contribution is 0.338. The van der Waals surface area contributed by atoms with Gasteiger partial charge in [0, 0.05) is 21.6 Å². The Balaban J connectivity index is 2.18. The van der Waals surface area contributed by atoms with Crippen molar-refractivity contribution in [2.45, 2.75) is 13.8 Å². The molecule has 3 rings (SSSR count). The van der Waals surface area contributed by atoms with Crippen LogP contribution in [0.3, 0.4) is 0 Å². The lowest BCUT2D eigenvalue weighted by atomic mass is 10.0. The van der Waals surface area contributed by atoms with Crippen molar-refractivity contribution < 1.29 is 4.74 Å². The summed E-state index contributed by atoms with van der Waals surface area (Å²) in [7, 11) is 0. The van der Waals surface area contributed by atoms with Crippen molar-refractivity contribution in [3.05, 3.63) is 57.7 Å². The second-order valence-corrected chi connectivity index (χ2v) is 6.35. The topological polar surface area (TPSA) is 22.1 Å². The van der Waals surface area contributed by atoms with Crippen molar-refractivity contribution in [2.75, 3.05) is 6.61 Å². The number of aromatic nitrogens is 1. The predicted molar refractivity (Wildman–Crippen MR) is 95.8 cm³/mol. The van der Waals surface area contributed by atoms with Gasteiger partial charge >= 0.3 is 0 Å². The Hall–Kier alpha value is -1.58. The van der Waals surface area contributed by atoms with E-state index in [-0.39, 0.29) is 0 Å². The molecule has 0 fully saturated rings. The molecule has 0 bridgehead atoms. The van der Waals surface area contributed by atoms with Gasteiger partial charge in [-0.25, -0.2) is 0 Å². The van der Waals surface area contributed by atoms with E-state index in [1.807, 2.05) is 56.4 Å². The minimum Gasteiger partial charge on any atom is -0.494 e. The van der Waals surface area contributed by atoms with Crippen LogP contribution in [0.2, 0.25) is 5.02 Å². The van der Waals surface area contributed by atoms with Crippen LogP contribution < -0.4 is 4.74 Å². The van der Waals surface area contributed by atoms with E-state index in [1.165, 1.54) is 0 Å². The molecule has 1 aromatic heterocycles. The Bertz CT molecular complexity index is 848. The zero-order valence-corrected chi connectivity index (χ0v) is 14.7. The van der Waals surface area contributed by atoms with Crippen molar-refractivity contribution in [2.24, 2.45) is 0 Å². The molecule has 0 aliphatic heterocycles. The van der Waals surface area contributed by atoms with Crippen LogP contribution in [0.4, 0.5) is 0 Å². The smallest absolute Gasteiger partial charge is 0.122 e. The third-order valence-electron chi connectivity index (χ3n) is 3.56. The van der Waals surface area contributed by atoms with Crippen LogP contribution in [0.5, 0.6) is 5.75 Å². The van der Waals surface area contributed by atoms with Gasteiger partial charge in [0.1, 0.15) is 5.75 Å². The second kappa shape index (κ2) is 6.27. The van der Waals surface area contributed by atoms with Crippen molar-refractivity contribution >= 4 is 38.4 Å². The summed E-state index contributed by atoms with van der Waals surface area (Å²) >= 11 is 10.1. The molecule has 4 heteroatoms. The van der Waals surface area contributed by atoms with Crippen molar-refractivity contribution in [3.8, 4) is 16.9 Å². The maximum absolute atomic E-state index is 6.62. The Morgan fingerprint density at radius 2 is 2.00 bits per heavy atom. The van der Waals surface area contributed by atoms with Gasteiger partial charge in [-0.05, 0) is 49.2 Å². The van der Waals surface area contributed by atoms with Crippen LogP contribution in [0.1, 0.15) is 12.5 Å². The summed E-state index contributed by atoms with van der Waals surface area (Å²) in [5.74, 6) is 0.880. The largest absolute Gasteiger partial charge is 0.494 e. The number of aryl methyl sites for hydroxylation is 1. The first-order valence-corrected chi connectivity index (χ1v) is 8.25. The summed E-state index contributed by atoms with van der Waals surface area (Å²) in [5.41, 5.74) is 3.91. The summed E-state index contributed by atoms with van der Waals surface area (Å²) in [6.45, 7) is 4.65. The number of benzene rings is 2. The van der Waals surface area contributed by atoms with E-state index in [4.69, 9.17) is 16.3 Å². The Labute approximate surface area is 143 Å². The molecule has 1 heterocycles. The Morgan fingerprint density at radius 3 is 2.77 bits per heavy atom. The first-order chi connectivity index (χ1) is 10.6. The van der Waals surface area contributed by atoms with Crippen molar-refractivity contribution in [3.63, 3.8) is 0 Å². The highest BCUT2D eigenvalue weighted by Gasteiger charge is 2.11. The van der Waals surface area contributed by atoms with Crippen LogP contribution in [0.15, 0.2) is 47.1 Å². The van der Waals surface area contributed by atoms with Gasteiger partial charge in [-0.15, -0.1) is 0 Å². The van der Waals surface area contributed by atoms with Gasteiger partial charge in [-0.1, -0.05) is 39.7 Å². The SMILES string of the molecule is CCOc1cc(-c2cnc3ccc(Br)cc3c2Cl)ccc1C. The van der Waals surface area contributed by atoms with E-state index in [0.29, 0.717) is 11.6 Å². The average Bonchev–Trinajstić information content (AvgIpc) is 2.51. The third-order valence-corrected chi connectivity index (χ3v) is 4.46. The molecule has 0 spiro atoms. The van der Waals surface area contributed by atoms with Gasteiger partial charge in [0.15, 0.2) is 0 Å². The summed E-state index contributed by atoms with van der Waals surface area (Å²) in [6.07, 6.45) is 1.82. The second-order valence-electron chi connectivity index (χ2n) is 5.06. The molecule has 22 heavy (non-hydrogen) atoms. The maximum Gasteiger partial charge on any atom is 0.122 e. The molecule has 0 radical (unpaired) electrons. The molecule has 0 saturated heterocycles. The number of ether oxygens (including phenoxy) is 1. The highest BCUT2D eigenvalue weighted by atomic mass is 79.9. The fourth-order valence-electron chi connectivity index (χ4n) is 2.41. The lowest BCUT2D eigenvalue weighted by Gasteiger charge is -2.12. The fraction of sp³-hybridized carbons (Fsp3) is 0.167. The number of halogens is 2. The normalized spacial score (nSPS) is 10.9. The highest BCUT2D eigenvalue weighted by molar-refractivity contribution is 9.10. The fourth-order valence-corrected chi connectivity index (χ4v) is 3.08. The molecule has 2 nitrogen and oxygen atoms in total. The molecule has 0 atom stereocenters. The van der Waals surface area contributed by atoms with Gasteiger partial charge in [0.25, 0.3) is 0 Å². The number of pyridine rings is 1. The molecule has 0 saturated carbocycles. The first-order valence-electron chi connectivity index (χ1n) is 7.07. The molecule has 0 N–H and O–H groups in total. The molecule has 0 aliphatic rings. The maximum atomic E-state index is 6.62. The predicted octanol–water partition coefficient (Wildman–Crippen LogP) is 6.02. The molecular formula is C18H15BrClNO. The summed E-state index contributed by atoms with van der Waals surface area (Å²) in [5, 5.41) is 1.64. The lowest BCUT2D eigenvalue weighted by Crippen LogP contribution is -1.94. The van der Waals surface area contributed by atoms with Gasteiger partial charge < -0.3 is 4.74 Å². The minimum atomic E-state index is 0.640. The van der Waals surface area contributed by atoms with E-state index in [1.54, 1.807) is 0 Å². The highest BCUT2D eigenvalue weighted by Crippen LogP contribution is 2.36. The number of hydrogen-bond donors (Lipinski definition) is 0. The van der Waals surface area contributed by atoms with Crippen LogP contribution >= 0.6 is 27.5 Å². The molecular weight excluding hydrogens is 362 g/mol. The zero-order chi connectivity index (χ0) is 15.7. The molecule has 3 aromatic rings. The first kappa shape index (κ1) is 15.3. The van der Waals surface area contributed by atoms with Crippen LogP contribution in [0.25, 0.3) is 22.0 Å². The van der Waals surface area contributed by atoms with Crippen LogP contribution in [-0.4, -0.2) is 11.6 Å². The molecule has 112 valence electrons. The molecule has 2 aromatic carbocycles. The Kier molecular flexibility index (Phi) is 4.37. The molecule has 0 amide bonds. The van der Waals surface area contributed by atoms with Gasteiger partial charge in [-0.3, -0.25) is 4.98 Å². The van der Waals surface area contributed by atoms with Gasteiger partial charge in [0.2, 0.25) is 0 Å². The quantitative estimate of drug-likeness (QED) is 0.557. The van der Waals surface area contributed by atoms with Crippen molar-refractivity contribution in [1.29, 1.82) is 0 Å². The van der Waals surface area contributed by atoms with Crippen LogP contribution in [-0.2, 0) is 0 Å². The van der Waals surface area contributed by atoms with E-state index < -0.39 is 0 Å². The monoisotopic (exact) mass is 375 g/mol. The number of hydrogen-bond acceptors (Lipinski definition) is 2. The average molecular weight is 377 g/mol. The number of rotatable bonds is 3. The Morgan fingerprint density at radius 1 is 1.18 bits per heavy atom. The van der Waals surface area contributed by atoms with Gasteiger partial charge in [0.05, 0.1) is 17.1 Å². The van der Waals surface area contributed by atoms with E-state index in [9.17, 15) is 0 Å². The van der Waals surface area contributed by atoms with Gasteiger partial charge in [-0.2, -0.15) is 0 Å². The summed E-state index contributed by atoms with van der Waals surface area (Å²) < 4.78 is 6.66. The standard InChI is InChI=1S/C18H15BrClNO/c1-3-22-17-8-12(5-4-11(17)2)15-10-21-16-7-6-13(19)9-14(16)18(15)20/h4-10H,3H2,1-2H3. The molecule has 0 aliphatic carbocycles. The summed E-state index contributed by atoms with van der Waals surface area (Å²) in [4.78, 5) is 4.51. The van der Waals surface area contributed by atoms with E-state index in [2.05, 4.69) is 20.9 Å². The van der Waals surface area contributed by atoms with Crippen LogP contribution in [0, 0.1) is 6.92 Å². The van der Waals surface area contributed by atoms with E-state index in [0.717, 1.165) is 37.8 Å². The number of fused-ring (bicyclic) bond motifs is 1. The zero-order valence-electron chi connectivity index (χ0n) is 12.4. The molecule has 0 unspecified atom stereocenters. The number of nitrogens with zero attached hydrogens (tertiary/aromatic N) is 1. The van der Waals surface area contributed by atoms with E-state index >= 15 is 0 Å². The van der Waals surface area contributed by atoms with Crippen molar-refractivity contribution in [1.82, 2.24) is 4.98 Å². The minimum absolute atomic E-state index is 0.640. The third kappa shape index (κ3) is 2.83. The summed E-state index contributed by atoms with van der Waals surface area (Å²) in [6, 6.07) is 12.0.